The molecule has 23 heavy (non-hydrogen) atoms. The third-order valence-corrected chi connectivity index (χ3v) is 5.43. The van der Waals surface area contributed by atoms with Crippen LogP contribution in [0.25, 0.3) is 0 Å². The molecule has 1 atom stereocenters. The minimum atomic E-state index is -3.86. The molecule has 1 aromatic rings. The second-order valence-corrected chi connectivity index (χ2v) is 7.27. The summed E-state index contributed by atoms with van der Waals surface area (Å²) in [4.78, 5) is 11.2. The maximum atomic E-state index is 12.7. The molecule has 0 radical (unpaired) electrons. The molecule has 2 rings (SSSR count). The lowest BCUT2D eigenvalue weighted by molar-refractivity contribution is -0.138. The normalized spacial score (nSPS) is 21.3. The van der Waals surface area contributed by atoms with Crippen molar-refractivity contribution in [3.63, 3.8) is 0 Å². The van der Waals surface area contributed by atoms with Crippen molar-refractivity contribution in [1.29, 1.82) is 0 Å². The number of aliphatic carboxylic acids is 1. The summed E-state index contributed by atoms with van der Waals surface area (Å²) in [7, 11) is -3.86. The Morgan fingerprint density at radius 3 is 2.74 bits per heavy atom. The number of carbonyl (C=O) groups is 1. The molecule has 0 amide bonds. The fourth-order valence-corrected chi connectivity index (χ4v) is 4.32. The van der Waals surface area contributed by atoms with Crippen LogP contribution in [0.2, 0.25) is 0 Å². The van der Waals surface area contributed by atoms with Crippen LogP contribution >= 0.6 is 0 Å². The SMILES string of the molecule is CCOc1ccc(S(=O)(=O)NC2(CC(=O)O)CCOC2)c(C)c1. The van der Waals surface area contributed by atoms with Gasteiger partial charge in [-0.25, -0.2) is 13.1 Å². The summed E-state index contributed by atoms with van der Waals surface area (Å²) in [6.07, 6.45) is 0.0108. The number of hydrogen-bond acceptors (Lipinski definition) is 5. The summed E-state index contributed by atoms with van der Waals surface area (Å²) < 4.78 is 38.4. The van der Waals surface area contributed by atoms with E-state index in [4.69, 9.17) is 14.6 Å². The second kappa shape index (κ2) is 6.86. The Morgan fingerprint density at radius 2 is 2.22 bits per heavy atom. The van der Waals surface area contributed by atoms with Crippen molar-refractivity contribution in [2.24, 2.45) is 0 Å². The molecule has 0 saturated carbocycles. The van der Waals surface area contributed by atoms with Crippen LogP contribution in [0.3, 0.4) is 0 Å². The highest BCUT2D eigenvalue weighted by Gasteiger charge is 2.41. The van der Waals surface area contributed by atoms with Gasteiger partial charge >= 0.3 is 5.97 Å². The summed E-state index contributed by atoms with van der Waals surface area (Å²) in [5.74, 6) is -0.477. The maximum Gasteiger partial charge on any atom is 0.305 e. The number of aryl methyl sites for hydroxylation is 1. The highest BCUT2D eigenvalue weighted by atomic mass is 32.2. The van der Waals surface area contributed by atoms with E-state index in [0.717, 1.165) is 0 Å². The van der Waals surface area contributed by atoms with E-state index in [-0.39, 0.29) is 17.9 Å². The van der Waals surface area contributed by atoms with Crippen LogP contribution in [0.15, 0.2) is 23.1 Å². The number of sulfonamides is 1. The molecule has 1 fully saturated rings. The zero-order valence-corrected chi connectivity index (χ0v) is 14.0. The van der Waals surface area contributed by atoms with Gasteiger partial charge in [-0.15, -0.1) is 0 Å². The van der Waals surface area contributed by atoms with Crippen LogP contribution in [-0.2, 0) is 19.6 Å². The van der Waals surface area contributed by atoms with E-state index >= 15 is 0 Å². The average molecular weight is 343 g/mol. The molecule has 0 bridgehead atoms. The molecule has 128 valence electrons. The third kappa shape index (κ3) is 4.21. The molecule has 0 spiro atoms. The van der Waals surface area contributed by atoms with E-state index in [9.17, 15) is 13.2 Å². The van der Waals surface area contributed by atoms with Gasteiger partial charge in [0.2, 0.25) is 10.0 Å². The standard InChI is InChI=1S/C15H21NO6S/c1-3-22-12-4-5-13(11(2)8-12)23(19,20)16-15(9-14(17)18)6-7-21-10-15/h4-5,8,16H,3,6-7,9-10H2,1-2H3,(H,17,18). The van der Waals surface area contributed by atoms with E-state index in [0.29, 0.717) is 30.9 Å². The first-order valence-electron chi connectivity index (χ1n) is 7.35. The predicted octanol–water partition coefficient (Wildman–Crippen LogP) is 1.31. The Balaban J connectivity index is 2.29. The molecular weight excluding hydrogens is 322 g/mol. The van der Waals surface area contributed by atoms with Crippen LogP contribution in [0.1, 0.15) is 25.3 Å². The van der Waals surface area contributed by atoms with Gasteiger partial charge in [0, 0.05) is 6.61 Å². The van der Waals surface area contributed by atoms with Gasteiger partial charge in [0.15, 0.2) is 0 Å². The quantitative estimate of drug-likeness (QED) is 0.774. The summed E-state index contributed by atoms with van der Waals surface area (Å²) in [5.41, 5.74) is -0.566. The molecule has 1 heterocycles. The molecular formula is C15H21NO6S. The third-order valence-electron chi connectivity index (χ3n) is 3.69. The number of nitrogens with one attached hydrogen (secondary N) is 1. The number of hydrogen-bond donors (Lipinski definition) is 2. The van der Waals surface area contributed by atoms with Crippen LogP contribution in [0.5, 0.6) is 5.75 Å². The Hall–Kier alpha value is -1.64. The largest absolute Gasteiger partial charge is 0.494 e. The fourth-order valence-electron chi connectivity index (χ4n) is 2.67. The number of rotatable bonds is 7. The average Bonchev–Trinajstić information content (AvgIpc) is 2.85. The van der Waals surface area contributed by atoms with Crippen molar-refractivity contribution in [2.45, 2.75) is 37.1 Å². The number of carboxylic acid groups (broad SMARTS) is 1. The monoisotopic (exact) mass is 343 g/mol. The van der Waals surface area contributed by atoms with Crippen molar-refractivity contribution in [3.8, 4) is 5.75 Å². The summed E-state index contributed by atoms with van der Waals surface area (Å²) >= 11 is 0. The van der Waals surface area contributed by atoms with Gasteiger partial charge in [-0.2, -0.15) is 0 Å². The molecule has 1 saturated heterocycles. The molecule has 7 nitrogen and oxygen atoms in total. The van der Waals surface area contributed by atoms with Crippen molar-refractivity contribution in [2.75, 3.05) is 19.8 Å². The molecule has 2 N–H and O–H groups in total. The van der Waals surface area contributed by atoms with Gasteiger partial charge in [-0.05, 0) is 44.0 Å². The predicted molar refractivity (Wildman–Crippen MR) is 83.1 cm³/mol. The van der Waals surface area contributed by atoms with Crippen molar-refractivity contribution < 1.29 is 27.8 Å². The summed E-state index contributed by atoms with van der Waals surface area (Å²) in [5, 5.41) is 9.05. The lowest BCUT2D eigenvalue weighted by atomic mass is 9.96. The Kier molecular flexibility index (Phi) is 5.28. The first kappa shape index (κ1) is 17.7. The van der Waals surface area contributed by atoms with Gasteiger partial charge in [-0.1, -0.05) is 0 Å². The highest BCUT2D eigenvalue weighted by molar-refractivity contribution is 7.89. The van der Waals surface area contributed by atoms with Crippen LogP contribution in [0.4, 0.5) is 0 Å². The van der Waals surface area contributed by atoms with Crippen molar-refractivity contribution in [3.05, 3.63) is 23.8 Å². The molecule has 8 heteroatoms. The summed E-state index contributed by atoms with van der Waals surface area (Å²) in [6, 6.07) is 4.69. The molecule has 1 aliphatic rings. The Bertz CT molecular complexity index is 679. The van der Waals surface area contributed by atoms with Crippen LogP contribution in [0, 0.1) is 6.92 Å². The lowest BCUT2D eigenvalue weighted by Gasteiger charge is -2.27. The highest BCUT2D eigenvalue weighted by Crippen LogP contribution is 2.27. The zero-order valence-electron chi connectivity index (χ0n) is 13.2. The topological polar surface area (TPSA) is 102 Å². The van der Waals surface area contributed by atoms with Crippen LogP contribution < -0.4 is 9.46 Å². The first-order chi connectivity index (χ1) is 10.8. The van der Waals surface area contributed by atoms with Crippen LogP contribution in [-0.4, -0.2) is 44.9 Å². The molecule has 1 unspecified atom stereocenters. The second-order valence-electron chi connectivity index (χ2n) is 5.62. The van der Waals surface area contributed by atoms with Crippen molar-refractivity contribution in [1.82, 2.24) is 4.72 Å². The number of ether oxygens (including phenoxy) is 2. The molecule has 0 aliphatic carbocycles. The van der Waals surface area contributed by atoms with Gasteiger partial charge in [0.05, 0.1) is 30.1 Å². The number of carboxylic acids is 1. The van der Waals surface area contributed by atoms with E-state index in [1.807, 2.05) is 6.92 Å². The maximum absolute atomic E-state index is 12.7. The lowest BCUT2D eigenvalue weighted by Crippen LogP contribution is -2.50. The minimum Gasteiger partial charge on any atom is -0.494 e. The van der Waals surface area contributed by atoms with Gasteiger partial charge in [0.1, 0.15) is 5.75 Å². The van der Waals surface area contributed by atoms with Gasteiger partial charge in [-0.3, -0.25) is 4.79 Å². The fraction of sp³-hybridized carbons (Fsp3) is 0.533. The molecule has 1 aliphatic heterocycles. The smallest absolute Gasteiger partial charge is 0.305 e. The van der Waals surface area contributed by atoms with Gasteiger partial charge < -0.3 is 14.6 Å². The molecule has 1 aromatic carbocycles. The summed E-state index contributed by atoms with van der Waals surface area (Å²) in [6.45, 7) is 4.39. The number of benzene rings is 1. The molecule has 0 aromatic heterocycles. The van der Waals surface area contributed by atoms with Gasteiger partial charge in [0.25, 0.3) is 0 Å². The zero-order chi connectivity index (χ0) is 17.1. The van der Waals surface area contributed by atoms with E-state index in [2.05, 4.69) is 4.72 Å². The first-order valence-corrected chi connectivity index (χ1v) is 8.83. The Labute approximate surface area is 135 Å². The van der Waals surface area contributed by atoms with E-state index in [1.54, 1.807) is 19.1 Å². The minimum absolute atomic E-state index is 0.0502. The van der Waals surface area contributed by atoms with E-state index in [1.165, 1.54) is 6.07 Å². The van der Waals surface area contributed by atoms with E-state index < -0.39 is 21.5 Å². The van der Waals surface area contributed by atoms with Crippen molar-refractivity contribution >= 4 is 16.0 Å². The Morgan fingerprint density at radius 1 is 1.48 bits per heavy atom.